The Morgan fingerprint density at radius 1 is 1.39 bits per heavy atom. The fourth-order valence-electron chi connectivity index (χ4n) is 1.91. The Kier molecular flexibility index (Phi) is 2.76. The summed E-state index contributed by atoms with van der Waals surface area (Å²) in [4.78, 5) is 0. The van der Waals surface area contributed by atoms with Crippen molar-refractivity contribution in [3.63, 3.8) is 0 Å². The summed E-state index contributed by atoms with van der Waals surface area (Å²) in [6.45, 7) is 0.858. The second-order valence-electron chi connectivity index (χ2n) is 4.13. The maximum atomic E-state index is 5.80. The Labute approximate surface area is 113 Å². The molecule has 0 aliphatic carbocycles. The molecule has 2 N–H and O–H groups in total. The number of aromatic nitrogens is 2. The van der Waals surface area contributed by atoms with Crippen molar-refractivity contribution >= 4 is 21.7 Å². The van der Waals surface area contributed by atoms with Gasteiger partial charge in [-0.1, -0.05) is 15.9 Å². The van der Waals surface area contributed by atoms with Crippen LogP contribution in [-0.2, 0) is 18.4 Å². The highest BCUT2D eigenvalue weighted by atomic mass is 79.9. The summed E-state index contributed by atoms with van der Waals surface area (Å²) in [5.41, 5.74) is 8.61. The van der Waals surface area contributed by atoms with E-state index in [2.05, 4.69) is 21.0 Å². The van der Waals surface area contributed by atoms with E-state index in [4.69, 9.17) is 15.2 Å². The van der Waals surface area contributed by atoms with Gasteiger partial charge in [0.2, 0.25) is 0 Å². The highest BCUT2D eigenvalue weighted by Crippen LogP contribution is 2.36. The molecule has 2 heterocycles. The standard InChI is InChI=1S/C12H12BrN3O2/c1-16-12(14)4-10(15-16)8-3-11-7(2-9(8)13)5-17-6-18-11/h2-4H,5-6,14H2,1H3. The Balaban J connectivity index is 2.11. The zero-order chi connectivity index (χ0) is 12.7. The molecule has 1 aliphatic rings. The van der Waals surface area contributed by atoms with Gasteiger partial charge in [-0.3, -0.25) is 4.68 Å². The molecule has 6 heteroatoms. The van der Waals surface area contributed by atoms with E-state index in [1.165, 1.54) is 0 Å². The number of fused-ring (bicyclic) bond motifs is 1. The first kappa shape index (κ1) is 11.6. The molecular weight excluding hydrogens is 298 g/mol. The summed E-state index contributed by atoms with van der Waals surface area (Å²) < 4.78 is 13.3. The van der Waals surface area contributed by atoms with Crippen molar-refractivity contribution in [1.82, 2.24) is 9.78 Å². The van der Waals surface area contributed by atoms with Gasteiger partial charge >= 0.3 is 0 Å². The van der Waals surface area contributed by atoms with Crippen molar-refractivity contribution < 1.29 is 9.47 Å². The highest BCUT2D eigenvalue weighted by Gasteiger charge is 2.16. The van der Waals surface area contributed by atoms with Crippen molar-refractivity contribution in [2.24, 2.45) is 7.05 Å². The normalized spacial score (nSPS) is 14.1. The third-order valence-electron chi connectivity index (χ3n) is 2.90. The minimum Gasteiger partial charge on any atom is -0.467 e. The first-order valence-electron chi connectivity index (χ1n) is 5.48. The number of anilines is 1. The minimum absolute atomic E-state index is 0.290. The van der Waals surface area contributed by atoms with Crippen LogP contribution in [0.1, 0.15) is 5.56 Å². The third kappa shape index (κ3) is 1.87. The van der Waals surface area contributed by atoms with Crippen LogP contribution in [0, 0.1) is 0 Å². The molecule has 0 atom stereocenters. The fourth-order valence-corrected chi connectivity index (χ4v) is 2.50. The first-order valence-corrected chi connectivity index (χ1v) is 6.27. The van der Waals surface area contributed by atoms with Crippen LogP contribution in [0.2, 0.25) is 0 Å². The molecule has 0 saturated carbocycles. The number of aryl methyl sites for hydroxylation is 1. The number of benzene rings is 1. The molecule has 0 amide bonds. The number of rotatable bonds is 1. The van der Waals surface area contributed by atoms with Crippen LogP contribution in [0.25, 0.3) is 11.3 Å². The van der Waals surface area contributed by atoms with Gasteiger partial charge < -0.3 is 15.2 Å². The zero-order valence-electron chi connectivity index (χ0n) is 9.81. The molecule has 3 rings (SSSR count). The largest absolute Gasteiger partial charge is 0.467 e. The Morgan fingerprint density at radius 2 is 2.22 bits per heavy atom. The maximum absolute atomic E-state index is 5.80. The average molecular weight is 310 g/mol. The summed E-state index contributed by atoms with van der Waals surface area (Å²) in [5.74, 6) is 1.46. The molecule has 0 spiro atoms. The molecule has 5 nitrogen and oxygen atoms in total. The van der Waals surface area contributed by atoms with Crippen LogP contribution in [0.4, 0.5) is 5.82 Å². The summed E-state index contributed by atoms with van der Waals surface area (Å²) >= 11 is 3.54. The summed E-state index contributed by atoms with van der Waals surface area (Å²) in [6, 6.07) is 5.80. The number of nitrogen functional groups attached to an aromatic ring is 1. The van der Waals surface area contributed by atoms with Crippen molar-refractivity contribution in [1.29, 1.82) is 0 Å². The van der Waals surface area contributed by atoms with E-state index >= 15 is 0 Å². The number of nitrogens with two attached hydrogens (primary N) is 1. The SMILES string of the molecule is Cn1nc(-c2cc3c(cc2Br)COCO3)cc1N. The Morgan fingerprint density at radius 3 is 2.94 bits per heavy atom. The molecule has 0 unspecified atom stereocenters. The van der Waals surface area contributed by atoms with E-state index in [1.54, 1.807) is 4.68 Å². The highest BCUT2D eigenvalue weighted by molar-refractivity contribution is 9.10. The van der Waals surface area contributed by atoms with Gasteiger partial charge in [-0.2, -0.15) is 5.10 Å². The molecule has 18 heavy (non-hydrogen) atoms. The lowest BCUT2D eigenvalue weighted by molar-refractivity contribution is -0.0163. The van der Waals surface area contributed by atoms with Crippen molar-refractivity contribution in [2.45, 2.75) is 6.61 Å². The molecule has 0 saturated heterocycles. The average Bonchev–Trinajstić information content (AvgIpc) is 2.68. The summed E-state index contributed by atoms with van der Waals surface area (Å²) in [6.07, 6.45) is 0. The molecule has 0 fully saturated rings. The van der Waals surface area contributed by atoms with Gasteiger partial charge in [0, 0.05) is 28.7 Å². The number of hydrogen-bond donors (Lipinski definition) is 1. The quantitative estimate of drug-likeness (QED) is 0.878. The number of halogens is 1. The van der Waals surface area contributed by atoms with Crippen LogP contribution >= 0.6 is 15.9 Å². The fraction of sp³-hybridized carbons (Fsp3) is 0.250. The van der Waals surface area contributed by atoms with E-state index in [0.717, 1.165) is 27.0 Å². The Hall–Kier alpha value is -1.53. The second kappa shape index (κ2) is 4.29. The zero-order valence-corrected chi connectivity index (χ0v) is 11.4. The van der Waals surface area contributed by atoms with E-state index in [1.807, 2.05) is 25.2 Å². The summed E-state index contributed by atoms with van der Waals surface area (Å²) in [7, 11) is 1.81. The Bertz CT molecular complexity index is 590. The lowest BCUT2D eigenvalue weighted by Crippen LogP contribution is -2.11. The minimum atomic E-state index is 0.290. The van der Waals surface area contributed by atoms with E-state index < -0.39 is 0 Å². The van der Waals surface area contributed by atoms with Crippen LogP contribution in [0.3, 0.4) is 0 Å². The van der Waals surface area contributed by atoms with E-state index in [-0.39, 0.29) is 0 Å². The monoisotopic (exact) mass is 309 g/mol. The van der Waals surface area contributed by atoms with Crippen LogP contribution < -0.4 is 10.5 Å². The maximum Gasteiger partial charge on any atom is 0.189 e. The molecule has 0 radical (unpaired) electrons. The van der Waals surface area contributed by atoms with Gasteiger partial charge in [-0.25, -0.2) is 0 Å². The molecule has 94 valence electrons. The van der Waals surface area contributed by atoms with E-state index in [9.17, 15) is 0 Å². The van der Waals surface area contributed by atoms with Crippen molar-refractivity contribution in [3.8, 4) is 17.0 Å². The predicted octanol–water partition coefficient (Wildman–Crippen LogP) is 2.30. The van der Waals surface area contributed by atoms with Gasteiger partial charge in [0.05, 0.1) is 12.3 Å². The molecular formula is C12H12BrN3O2. The molecule has 0 bridgehead atoms. The summed E-state index contributed by atoms with van der Waals surface area (Å²) in [5, 5.41) is 4.37. The molecule has 2 aromatic rings. The molecule has 1 aromatic heterocycles. The third-order valence-corrected chi connectivity index (χ3v) is 3.55. The first-order chi connectivity index (χ1) is 8.65. The van der Waals surface area contributed by atoms with Crippen LogP contribution in [0.15, 0.2) is 22.7 Å². The van der Waals surface area contributed by atoms with Crippen molar-refractivity contribution in [3.05, 3.63) is 28.2 Å². The smallest absolute Gasteiger partial charge is 0.189 e. The lowest BCUT2D eigenvalue weighted by atomic mass is 10.1. The van der Waals surface area contributed by atoms with Gasteiger partial charge in [0.1, 0.15) is 11.6 Å². The van der Waals surface area contributed by atoms with Crippen LogP contribution in [-0.4, -0.2) is 16.6 Å². The second-order valence-corrected chi connectivity index (χ2v) is 4.98. The van der Waals surface area contributed by atoms with Crippen LogP contribution in [0.5, 0.6) is 5.75 Å². The number of hydrogen-bond acceptors (Lipinski definition) is 4. The van der Waals surface area contributed by atoms with E-state index in [0.29, 0.717) is 19.2 Å². The topological polar surface area (TPSA) is 62.3 Å². The molecule has 1 aliphatic heterocycles. The predicted molar refractivity (Wildman–Crippen MR) is 71.0 cm³/mol. The lowest BCUT2D eigenvalue weighted by Gasteiger charge is -2.18. The molecule has 1 aromatic carbocycles. The van der Waals surface area contributed by atoms with Crippen molar-refractivity contribution in [2.75, 3.05) is 12.5 Å². The van der Waals surface area contributed by atoms with Gasteiger partial charge in [0.25, 0.3) is 0 Å². The number of ether oxygens (including phenoxy) is 2. The van der Waals surface area contributed by atoms with Gasteiger partial charge in [-0.15, -0.1) is 0 Å². The van der Waals surface area contributed by atoms with Gasteiger partial charge in [0.15, 0.2) is 6.79 Å². The number of nitrogens with zero attached hydrogens (tertiary/aromatic N) is 2. The van der Waals surface area contributed by atoms with Gasteiger partial charge in [-0.05, 0) is 12.1 Å².